The van der Waals surface area contributed by atoms with Crippen LogP contribution < -0.4 is 16.0 Å². The molecule has 1 amide bonds. The molecule has 0 unspecified atom stereocenters. The summed E-state index contributed by atoms with van der Waals surface area (Å²) in [6.07, 6.45) is 2.10. The van der Waals surface area contributed by atoms with Crippen LogP contribution in [0.5, 0.6) is 0 Å². The molecule has 7 heteroatoms. The third-order valence-electron chi connectivity index (χ3n) is 5.66. The number of nitrogens with one attached hydrogen (secondary N) is 3. The highest BCUT2D eigenvalue weighted by atomic mass is 16.3. The Morgan fingerprint density at radius 3 is 2.90 bits per heavy atom. The number of anilines is 1. The normalized spacial score (nSPS) is 17.9. The van der Waals surface area contributed by atoms with Crippen molar-refractivity contribution < 1.29 is 9.90 Å². The van der Waals surface area contributed by atoms with Crippen molar-refractivity contribution in [1.82, 2.24) is 20.5 Å². The molecule has 1 fully saturated rings. The zero-order valence-electron chi connectivity index (χ0n) is 16.8. The van der Waals surface area contributed by atoms with Crippen LogP contribution in [0.25, 0.3) is 0 Å². The van der Waals surface area contributed by atoms with Crippen molar-refractivity contribution in [3.8, 4) is 0 Å². The molecule has 29 heavy (non-hydrogen) atoms. The van der Waals surface area contributed by atoms with Gasteiger partial charge in [0, 0.05) is 51.0 Å². The van der Waals surface area contributed by atoms with Crippen LogP contribution in [0.3, 0.4) is 0 Å². The standard InChI is InChI=1S/C22H29N5O2/c1-15-9-24-21(26-18-10-23-11-18)8-20(15)22(29)25-12-19(28)14-27-7-6-16-4-2-3-5-17(16)13-27/h2-5,8-9,18-19,23,28H,6-7,10-14H2,1H3,(H,24,26)(H,25,29)/t19-/m0/s1. The van der Waals surface area contributed by atoms with E-state index in [0.29, 0.717) is 24.0 Å². The number of aliphatic hydroxyl groups is 1. The van der Waals surface area contributed by atoms with Gasteiger partial charge in [0.05, 0.1) is 12.1 Å². The summed E-state index contributed by atoms with van der Waals surface area (Å²) in [6, 6.07) is 10.6. The van der Waals surface area contributed by atoms with Crippen LogP contribution in [-0.2, 0) is 13.0 Å². The van der Waals surface area contributed by atoms with Gasteiger partial charge in [-0.3, -0.25) is 9.69 Å². The van der Waals surface area contributed by atoms with E-state index in [2.05, 4.69) is 50.1 Å². The molecule has 3 heterocycles. The molecular weight excluding hydrogens is 366 g/mol. The number of carbonyl (C=O) groups excluding carboxylic acids is 1. The molecule has 1 saturated heterocycles. The number of aromatic nitrogens is 1. The quantitative estimate of drug-likeness (QED) is 0.558. The Morgan fingerprint density at radius 2 is 2.14 bits per heavy atom. The molecule has 0 spiro atoms. The van der Waals surface area contributed by atoms with Crippen LogP contribution in [-0.4, -0.2) is 65.8 Å². The van der Waals surface area contributed by atoms with Gasteiger partial charge in [-0.2, -0.15) is 0 Å². The van der Waals surface area contributed by atoms with E-state index < -0.39 is 6.10 Å². The van der Waals surface area contributed by atoms with Gasteiger partial charge < -0.3 is 21.1 Å². The Hall–Kier alpha value is -2.48. The van der Waals surface area contributed by atoms with Crippen LogP contribution in [0.1, 0.15) is 27.0 Å². The van der Waals surface area contributed by atoms with E-state index in [-0.39, 0.29) is 12.5 Å². The van der Waals surface area contributed by atoms with Gasteiger partial charge in [0.2, 0.25) is 0 Å². The zero-order valence-corrected chi connectivity index (χ0v) is 16.8. The number of amides is 1. The molecule has 2 aliphatic heterocycles. The lowest BCUT2D eigenvalue weighted by Gasteiger charge is -2.30. The first-order chi connectivity index (χ1) is 14.1. The number of nitrogens with zero attached hydrogens (tertiary/aromatic N) is 2. The first kappa shape index (κ1) is 19.8. The van der Waals surface area contributed by atoms with Crippen molar-refractivity contribution in [1.29, 1.82) is 0 Å². The van der Waals surface area contributed by atoms with Crippen molar-refractivity contribution in [2.45, 2.75) is 32.0 Å². The Labute approximate surface area is 171 Å². The summed E-state index contributed by atoms with van der Waals surface area (Å²) in [7, 11) is 0. The van der Waals surface area contributed by atoms with Gasteiger partial charge in [-0.05, 0) is 36.1 Å². The minimum atomic E-state index is -0.606. The van der Waals surface area contributed by atoms with Crippen molar-refractivity contribution in [3.63, 3.8) is 0 Å². The van der Waals surface area contributed by atoms with Gasteiger partial charge in [-0.15, -0.1) is 0 Å². The zero-order chi connectivity index (χ0) is 20.2. The number of aliphatic hydroxyl groups excluding tert-OH is 1. The first-order valence-corrected chi connectivity index (χ1v) is 10.3. The van der Waals surface area contributed by atoms with E-state index in [1.807, 2.05) is 6.92 Å². The lowest BCUT2D eigenvalue weighted by Crippen LogP contribution is -2.51. The molecule has 4 rings (SSSR count). The molecule has 0 radical (unpaired) electrons. The number of fused-ring (bicyclic) bond motifs is 1. The summed E-state index contributed by atoms with van der Waals surface area (Å²) in [5.74, 6) is 0.530. The van der Waals surface area contributed by atoms with E-state index in [0.717, 1.165) is 38.2 Å². The van der Waals surface area contributed by atoms with Crippen LogP contribution in [0.2, 0.25) is 0 Å². The number of aryl methyl sites for hydroxylation is 1. The molecular formula is C22H29N5O2. The van der Waals surface area contributed by atoms with Crippen molar-refractivity contribution in [2.75, 3.05) is 38.0 Å². The van der Waals surface area contributed by atoms with Crippen LogP contribution in [0.15, 0.2) is 36.5 Å². The van der Waals surface area contributed by atoms with Crippen molar-refractivity contribution in [2.24, 2.45) is 0 Å². The van der Waals surface area contributed by atoms with Crippen LogP contribution >= 0.6 is 0 Å². The molecule has 1 atom stereocenters. The fourth-order valence-electron chi connectivity index (χ4n) is 3.83. The van der Waals surface area contributed by atoms with Gasteiger partial charge in [-0.1, -0.05) is 24.3 Å². The van der Waals surface area contributed by atoms with E-state index in [4.69, 9.17) is 0 Å². The minimum absolute atomic E-state index is 0.178. The maximum atomic E-state index is 12.6. The Bertz CT molecular complexity index is 868. The topological polar surface area (TPSA) is 89.5 Å². The molecule has 7 nitrogen and oxygen atoms in total. The van der Waals surface area contributed by atoms with Gasteiger partial charge >= 0.3 is 0 Å². The minimum Gasteiger partial charge on any atom is -0.390 e. The lowest BCUT2D eigenvalue weighted by molar-refractivity contribution is 0.0841. The molecule has 2 aromatic rings. The fourth-order valence-corrected chi connectivity index (χ4v) is 3.83. The maximum absolute atomic E-state index is 12.6. The number of pyridine rings is 1. The number of benzene rings is 1. The third kappa shape index (κ3) is 4.93. The van der Waals surface area contributed by atoms with Crippen molar-refractivity contribution in [3.05, 3.63) is 58.8 Å². The Morgan fingerprint density at radius 1 is 1.34 bits per heavy atom. The molecule has 1 aromatic heterocycles. The molecule has 1 aromatic carbocycles. The summed E-state index contributed by atoms with van der Waals surface area (Å²) in [6.45, 7) is 6.23. The van der Waals surface area contributed by atoms with Crippen LogP contribution in [0.4, 0.5) is 5.82 Å². The number of hydrogen-bond acceptors (Lipinski definition) is 6. The molecule has 154 valence electrons. The van der Waals surface area contributed by atoms with E-state index in [9.17, 15) is 9.90 Å². The molecule has 2 aliphatic rings. The number of carbonyl (C=O) groups is 1. The number of hydrogen-bond donors (Lipinski definition) is 4. The van der Waals surface area contributed by atoms with Gasteiger partial charge in [-0.25, -0.2) is 4.98 Å². The highest BCUT2D eigenvalue weighted by molar-refractivity contribution is 5.96. The maximum Gasteiger partial charge on any atom is 0.251 e. The van der Waals surface area contributed by atoms with Gasteiger partial charge in [0.1, 0.15) is 5.82 Å². The smallest absolute Gasteiger partial charge is 0.251 e. The molecule has 4 N–H and O–H groups in total. The number of rotatable bonds is 7. The average molecular weight is 396 g/mol. The molecule has 0 bridgehead atoms. The largest absolute Gasteiger partial charge is 0.390 e. The average Bonchev–Trinajstić information content (AvgIpc) is 2.70. The third-order valence-corrected chi connectivity index (χ3v) is 5.66. The summed E-state index contributed by atoms with van der Waals surface area (Å²) < 4.78 is 0. The van der Waals surface area contributed by atoms with E-state index in [1.165, 1.54) is 11.1 Å². The second kappa shape index (κ2) is 8.90. The summed E-state index contributed by atoms with van der Waals surface area (Å²) in [4.78, 5) is 19.2. The molecule has 0 aliphatic carbocycles. The highest BCUT2D eigenvalue weighted by Crippen LogP contribution is 2.18. The number of β-amino-alcohol motifs (C(OH)–C–C–N with tert-alkyl or cyclic N) is 1. The monoisotopic (exact) mass is 395 g/mol. The predicted molar refractivity (Wildman–Crippen MR) is 113 cm³/mol. The Kier molecular flexibility index (Phi) is 6.08. The van der Waals surface area contributed by atoms with Gasteiger partial charge in [0.15, 0.2) is 0 Å². The highest BCUT2D eigenvalue weighted by Gasteiger charge is 2.20. The van der Waals surface area contributed by atoms with Crippen LogP contribution in [0, 0.1) is 6.92 Å². The fraction of sp³-hybridized carbons (Fsp3) is 0.455. The summed E-state index contributed by atoms with van der Waals surface area (Å²) >= 11 is 0. The van der Waals surface area contributed by atoms with Gasteiger partial charge in [0.25, 0.3) is 5.91 Å². The summed E-state index contributed by atoms with van der Waals surface area (Å²) in [5, 5.41) is 19.8. The lowest BCUT2D eigenvalue weighted by atomic mass is 10.00. The van der Waals surface area contributed by atoms with E-state index >= 15 is 0 Å². The second-order valence-corrected chi connectivity index (χ2v) is 8.00. The SMILES string of the molecule is Cc1cnc(NC2CNC2)cc1C(=O)NC[C@H](O)CN1CCc2ccccc2C1. The summed E-state index contributed by atoms with van der Waals surface area (Å²) in [5.41, 5.74) is 4.13. The second-order valence-electron chi connectivity index (χ2n) is 8.00. The first-order valence-electron chi connectivity index (χ1n) is 10.3. The Balaban J connectivity index is 1.28. The molecule has 0 saturated carbocycles. The van der Waals surface area contributed by atoms with Crippen molar-refractivity contribution >= 4 is 11.7 Å². The predicted octanol–water partition coefficient (Wildman–Crippen LogP) is 0.923. The van der Waals surface area contributed by atoms with E-state index in [1.54, 1.807) is 12.3 Å².